The molecular weight excluding hydrogens is 420 g/mol. The number of aryl methyl sites for hydroxylation is 1. The molecule has 1 aromatic rings. The van der Waals surface area contributed by atoms with Gasteiger partial charge in [-0.15, -0.1) is 0 Å². The molecule has 1 saturated heterocycles. The lowest BCUT2D eigenvalue weighted by molar-refractivity contribution is -0.0398. The third kappa shape index (κ3) is 6.34. The first-order valence-electron chi connectivity index (χ1n) is 10.3. The maximum atomic E-state index is 13.2. The van der Waals surface area contributed by atoms with E-state index < -0.39 is 31.1 Å². The summed E-state index contributed by atoms with van der Waals surface area (Å²) in [6, 6.07) is 0. The molecule has 3 atom stereocenters. The van der Waals surface area contributed by atoms with Crippen molar-refractivity contribution in [1.82, 2.24) is 8.80 Å². The quantitative estimate of drug-likeness (QED) is 0.586. The van der Waals surface area contributed by atoms with Gasteiger partial charge in [-0.3, -0.25) is 13.6 Å². The molecule has 1 aromatic heterocycles. The van der Waals surface area contributed by atoms with Gasteiger partial charge in [0.25, 0.3) is 5.56 Å². The van der Waals surface area contributed by atoms with E-state index in [1.165, 1.54) is 4.23 Å². The van der Waals surface area contributed by atoms with Gasteiger partial charge in [0, 0.05) is 18.2 Å². The van der Waals surface area contributed by atoms with Crippen LogP contribution >= 0.6 is 0 Å². The minimum Gasteiger partial charge on any atom is -0.415 e. The zero-order valence-electron chi connectivity index (χ0n) is 19.7. The Kier molecular flexibility index (Phi) is 7.08. The van der Waals surface area contributed by atoms with Crippen LogP contribution in [0.5, 0.6) is 0 Å². The summed E-state index contributed by atoms with van der Waals surface area (Å²) in [7, 11) is -5.69. The minimum atomic E-state index is -2.18. The zero-order valence-corrected chi connectivity index (χ0v) is 22.7. The van der Waals surface area contributed by atoms with Gasteiger partial charge in [-0.2, -0.15) is 0 Å². The van der Waals surface area contributed by atoms with Crippen molar-refractivity contribution in [3.8, 4) is 0 Å². The highest BCUT2D eigenvalue weighted by Gasteiger charge is 2.41. The van der Waals surface area contributed by atoms with E-state index >= 15 is 0 Å². The second-order valence-corrected chi connectivity index (χ2v) is 24.6. The van der Waals surface area contributed by atoms with Crippen molar-refractivity contribution in [2.75, 3.05) is 6.61 Å². The first-order chi connectivity index (χ1) is 13.0. The van der Waals surface area contributed by atoms with Gasteiger partial charge in [0.15, 0.2) is 24.9 Å². The second kappa shape index (κ2) is 8.39. The third-order valence-corrected chi connectivity index (χ3v) is 8.41. The zero-order chi connectivity index (χ0) is 22.4. The van der Waals surface area contributed by atoms with Crippen molar-refractivity contribution in [3.05, 3.63) is 32.6 Å². The van der Waals surface area contributed by atoms with Crippen LogP contribution in [0.1, 0.15) is 18.2 Å². The lowest BCUT2D eigenvalue weighted by Gasteiger charge is -2.28. The Bertz CT molecular complexity index is 846. The van der Waals surface area contributed by atoms with Crippen molar-refractivity contribution >= 4 is 24.9 Å². The van der Waals surface area contributed by atoms with Gasteiger partial charge >= 0.3 is 5.69 Å². The molecule has 0 radical (unpaired) electrons. The Morgan fingerprint density at radius 3 is 2.10 bits per heavy atom. The molecule has 1 fully saturated rings. The SMILES string of the molecule is Cc1cn(C2CC(O[Si](C)(C)C)C(CO[Si](C)(C)C)O2)c(=O)n([Si](C)(C)C)c1=O. The van der Waals surface area contributed by atoms with Gasteiger partial charge in [0.1, 0.15) is 12.3 Å². The molecule has 0 saturated carbocycles. The van der Waals surface area contributed by atoms with Gasteiger partial charge in [-0.25, -0.2) is 4.79 Å². The lowest BCUT2D eigenvalue weighted by Crippen LogP contribution is -2.53. The molecule has 0 N–H and O–H groups in total. The molecule has 1 aliphatic rings. The van der Waals surface area contributed by atoms with E-state index in [0.29, 0.717) is 18.6 Å². The van der Waals surface area contributed by atoms with E-state index in [9.17, 15) is 9.59 Å². The monoisotopic (exact) mass is 458 g/mol. The predicted molar refractivity (Wildman–Crippen MR) is 124 cm³/mol. The lowest BCUT2D eigenvalue weighted by atomic mass is 10.2. The van der Waals surface area contributed by atoms with Crippen LogP contribution in [0.25, 0.3) is 0 Å². The van der Waals surface area contributed by atoms with Crippen LogP contribution in [0.15, 0.2) is 15.8 Å². The third-order valence-electron chi connectivity index (χ3n) is 4.63. The van der Waals surface area contributed by atoms with Gasteiger partial charge in [0.05, 0.1) is 12.7 Å². The van der Waals surface area contributed by atoms with Gasteiger partial charge in [-0.1, -0.05) is 19.6 Å². The van der Waals surface area contributed by atoms with E-state index in [2.05, 4.69) is 39.3 Å². The summed E-state index contributed by atoms with van der Waals surface area (Å²) in [5, 5.41) is 0. The highest BCUT2D eigenvalue weighted by Crippen LogP contribution is 2.32. The number of aromatic nitrogens is 2. The normalized spacial score (nSPS) is 23.6. The molecule has 0 bridgehead atoms. The molecule has 0 aliphatic carbocycles. The van der Waals surface area contributed by atoms with Crippen LogP contribution in [0.3, 0.4) is 0 Å². The molecule has 29 heavy (non-hydrogen) atoms. The molecular formula is C19H38N2O5Si3. The standard InChI is InChI=1S/C19H38N2O5Si3/c1-14-12-20(19(23)21(18(14)22)27(2,3)4)17-11-15(26-29(8,9)10)16(25-17)13-24-28(5,6)7/h12,15-17H,11,13H2,1-10H3. The Morgan fingerprint density at radius 2 is 1.62 bits per heavy atom. The Morgan fingerprint density at radius 1 is 1.03 bits per heavy atom. The largest absolute Gasteiger partial charge is 0.415 e. The molecule has 3 unspecified atom stereocenters. The van der Waals surface area contributed by atoms with Crippen LogP contribution in [-0.2, 0) is 13.6 Å². The molecule has 2 heterocycles. The van der Waals surface area contributed by atoms with E-state index in [0.717, 1.165) is 0 Å². The van der Waals surface area contributed by atoms with Crippen LogP contribution in [-0.4, -0.2) is 52.5 Å². The fourth-order valence-electron chi connectivity index (χ4n) is 3.43. The van der Waals surface area contributed by atoms with Gasteiger partial charge in [-0.05, 0) is 46.2 Å². The highest BCUT2D eigenvalue weighted by molar-refractivity contribution is 6.74. The first kappa shape index (κ1) is 24.5. The van der Waals surface area contributed by atoms with Crippen LogP contribution in [0, 0.1) is 6.92 Å². The number of rotatable bonds is 7. The van der Waals surface area contributed by atoms with Gasteiger partial charge in [0.2, 0.25) is 0 Å². The maximum absolute atomic E-state index is 13.2. The summed E-state index contributed by atoms with van der Waals surface area (Å²) in [6.45, 7) is 21.1. The molecule has 0 amide bonds. The predicted octanol–water partition coefficient (Wildman–Crippen LogP) is 3.36. The fraction of sp³-hybridized carbons (Fsp3) is 0.789. The average molecular weight is 459 g/mol. The van der Waals surface area contributed by atoms with E-state index in [1.807, 2.05) is 19.6 Å². The Hall–Kier alpha value is -0.789. The van der Waals surface area contributed by atoms with Crippen LogP contribution < -0.4 is 11.2 Å². The minimum absolute atomic E-state index is 0.123. The molecule has 1 aliphatic heterocycles. The van der Waals surface area contributed by atoms with E-state index in [4.69, 9.17) is 13.6 Å². The Balaban J connectivity index is 2.41. The molecule has 166 valence electrons. The number of ether oxygens (including phenoxy) is 1. The van der Waals surface area contributed by atoms with E-state index in [1.54, 1.807) is 17.7 Å². The summed E-state index contributed by atoms with van der Waals surface area (Å²) < 4.78 is 21.8. The number of hydrogen-bond donors (Lipinski definition) is 0. The molecule has 7 nitrogen and oxygen atoms in total. The smallest absolute Gasteiger partial charge is 0.324 e. The maximum Gasteiger partial charge on any atom is 0.324 e. The highest BCUT2D eigenvalue weighted by atomic mass is 28.4. The summed E-state index contributed by atoms with van der Waals surface area (Å²) in [5.74, 6) is 0. The molecule has 2 rings (SSSR count). The second-order valence-electron chi connectivity index (χ2n) is 10.9. The molecule has 0 spiro atoms. The Labute approximate surface area is 177 Å². The molecule has 10 heteroatoms. The topological polar surface area (TPSA) is 71.7 Å². The first-order valence-corrected chi connectivity index (χ1v) is 20.6. The summed E-state index contributed by atoms with van der Waals surface area (Å²) in [5.41, 5.74) is 0.0697. The van der Waals surface area contributed by atoms with E-state index in [-0.39, 0.29) is 23.5 Å². The van der Waals surface area contributed by atoms with Crippen LogP contribution in [0.4, 0.5) is 0 Å². The van der Waals surface area contributed by atoms with Crippen molar-refractivity contribution in [2.24, 2.45) is 0 Å². The fourth-order valence-corrected chi connectivity index (χ4v) is 6.72. The summed E-state index contributed by atoms with van der Waals surface area (Å²) >= 11 is 0. The number of nitrogens with zero attached hydrogens (tertiary/aromatic N) is 2. The van der Waals surface area contributed by atoms with Crippen molar-refractivity contribution in [3.63, 3.8) is 0 Å². The average Bonchev–Trinajstić information content (AvgIpc) is 2.87. The number of hydrogen-bond acceptors (Lipinski definition) is 5. The molecule has 0 aromatic carbocycles. The summed E-state index contributed by atoms with van der Waals surface area (Å²) in [4.78, 5) is 25.9. The van der Waals surface area contributed by atoms with Crippen molar-refractivity contribution in [1.29, 1.82) is 0 Å². The van der Waals surface area contributed by atoms with Crippen LogP contribution in [0.2, 0.25) is 58.9 Å². The van der Waals surface area contributed by atoms with Gasteiger partial charge < -0.3 is 13.6 Å². The van der Waals surface area contributed by atoms with Crippen molar-refractivity contribution < 1.29 is 13.6 Å². The van der Waals surface area contributed by atoms with Crippen molar-refractivity contribution in [2.45, 2.75) is 90.7 Å². The summed E-state index contributed by atoms with van der Waals surface area (Å²) in [6.07, 6.45) is 1.41.